The zero-order valence-corrected chi connectivity index (χ0v) is 9.64. The molecule has 1 N–H and O–H groups in total. The van der Waals surface area contributed by atoms with Crippen LogP contribution in [-0.2, 0) is 0 Å². The molecule has 1 aromatic rings. The van der Waals surface area contributed by atoms with Crippen LogP contribution in [0.4, 0.5) is 19.0 Å². The predicted octanol–water partition coefficient (Wildman–Crippen LogP) is 3.49. The van der Waals surface area contributed by atoms with Crippen LogP contribution in [0.25, 0.3) is 0 Å². The molecular weight excluding hydrogens is 229 g/mol. The summed E-state index contributed by atoms with van der Waals surface area (Å²) in [6.45, 7) is 1.92. The van der Waals surface area contributed by atoms with Crippen molar-refractivity contribution in [3.8, 4) is 0 Å². The van der Waals surface area contributed by atoms with Gasteiger partial charge in [-0.15, -0.1) is 0 Å². The molecule has 0 saturated heterocycles. The van der Waals surface area contributed by atoms with Crippen molar-refractivity contribution in [2.24, 2.45) is 5.92 Å². The van der Waals surface area contributed by atoms with Gasteiger partial charge in [0.25, 0.3) is 5.95 Å². The molecule has 1 fully saturated rings. The molecule has 0 aliphatic heterocycles. The third kappa shape index (κ3) is 2.70. The Morgan fingerprint density at radius 3 is 2.53 bits per heavy atom. The quantitative estimate of drug-likeness (QED) is 0.823. The van der Waals surface area contributed by atoms with Gasteiger partial charge in [0.1, 0.15) is 0 Å². The molecule has 0 radical (unpaired) electrons. The maximum Gasteiger partial charge on any atom is 0.251 e. The summed E-state index contributed by atoms with van der Waals surface area (Å²) in [5.41, 5.74) is 0. The van der Waals surface area contributed by atoms with E-state index in [1.807, 2.05) is 6.92 Å². The van der Waals surface area contributed by atoms with Crippen LogP contribution in [0, 0.1) is 23.5 Å². The zero-order valence-electron chi connectivity index (χ0n) is 9.64. The van der Waals surface area contributed by atoms with Crippen molar-refractivity contribution < 1.29 is 13.2 Å². The molecule has 1 heterocycles. The molecule has 0 amide bonds. The highest BCUT2D eigenvalue weighted by Gasteiger charge is 2.23. The summed E-state index contributed by atoms with van der Waals surface area (Å²) in [5, 5.41) is 2.83. The second kappa shape index (κ2) is 4.94. The zero-order chi connectivity index (χ0) is 12.4. The van der Waals surface area contributed by atoms with E-state index in [0.717, 1.165) is 12.8 Å². The van der Waals surface area contributed by atoms with Crippen LogP contribution in [0.3, 0.4) is 0 Å². The SMILES string of the molecule is CC(Nc1nc(F)c(F)cc1F)C1CCCC1. The van der Waals surface area contributed by atoms with E-state index in [1.54, 1.807) is 0 Å². The van der Waals surface area contributed by atoms with Gasteiger partial charge in [0.2, 0.25) is 0 Å². The van der Waals surface area contributed by atoms with Crippen LogP contribution < -0.4 is 5.32 Å². The first kappa shape index (κ1) is 12.2. The fraction of sp³-hybridized carbons (Fsp3) is 0.583. The molecule has 2 nitrogen and oxygen atoms in total. The summed E-state index contributed by atoms with van der Waals surface area (Å²) in [7, 11) is 0. The molecule has 1 aliphatic carbocycles. The first-order chi connectivity index (χ1) is 8.08. The summed E-state index contributed by atoms with van der Waals surface area (Å²) < 4.78 is 38.9. The van der Waals surface area contributed by atoms with E-state index in [2.05, 4.69) is 10.3 Å². The Balaban J connectivity index is 2.09. The van der Waals surface area contributed by atoms with Crippen molar-refractivity contribution in [1.82, 2.24) is 4.98 Å². The van der Waals surface area contributed by atoms with E-state index >= 15 is 0 Å². The summed E-state index contributed by atoms with van der Waals surface area (Å²) in [5.74, 6) is -3.14. The molecule has 2 rings (SSSR count). The standard InChI is InChI=1S/C12H15F3N2/c1-7(8-4-2-3-5-8)16-12-10(14)6-9(13)11(15)17-12/h6-8H,2-5H2,1H3,(H,16,17). The molecule has 1 unspecified atom stereocenters. The van der Waals surface area contributed by atoms with Gasteiger partial charge in [0, 0.05) is 12.1 Å². The maximum atomic E-state index is 13.3. The number of nitrogens with one attached hydrogen (secondary N) is 1. The predicted molar refractivity (Wildman–Crippen MR) is 59.2 cm³/mol. The van der Waals surface area contributed by atoms with Crippen molar-refractivity contribution in [2.75, 3.05) is 5.32 Å². The van der Waals surface area contributed by atoms with Crippen LogP contribution >= 0.6 is 0 Å². The normalized spacial score (nSPS) is 18.4. The van der Waals surface area contributed by atoms with E-state index in [-0.39, 0.29) is 11.9 Å². The van der Waals surface area contributed by atoms with Crippen LogP contribution in [0.2, 0.25) is 0 Å². The summed E-state index contributed by atoms with van der Waals surface area (Å²) >= 11 is 0. The third-order valence-corrected chi connectivity index (χ3v) is 3.36. The Hall–Kier alpha value is -1.26. The number of pyridine rings is 1. The second-order valence-electron chi connectivity index (χ2n) is 4.57. The van der Waals surface area contributed by atoms with E-state index in [4.69, 9.17) is 0 Å². The fourth-order valence-electron chi connectivity index (χ4n) is 2.34. The van der Waals surface area contributed by atoms with Gasteiger partial charge in [0.15, 0.2) is 17.5 Å². The fourth-order valence-corrected chi connectivity index (χ4v) is 2.34. The Morgan fingerprint density at radius 1 is 1.24 bits per heavy atom. The van der Waals surface area contributed by atoms with Gasteiger partial charge in [0.05, 0.1) is 0 Å². The van der Waals surface area contributed by atoms with Gasteiger partial charge in [-0.3, -0.25) is 0 Å². The van der Waals surface area contributed by atoms with Crippen LogP contribution in [0.1, 0.15) is 32.6 Å². The third-order valence-electron chi connectivity index (χ3n) is 3.36. The van der Waals surface area contributed by atoms with Gasteiger partial charge >= 0.3 is 0 Å². The number of nitrogens with zero attached hydrogens (tertiary/aromatic N) is 1. The number of rotatable bonds is 3. The van der Waals surface area contributed by atoms with Crippen molar-refractivity contribution in [3.05, 3.63) is 23.6 Å². The summed E-state index contributed by atoms with van der Waals surface area (Å²) in [4.78, 5) is 3.26. The Kier molecular flexibility index (Phi) is 3.54. The molecule has 94 valence electrons. The lowest BCUT2D eigenvalue weighted by Gasteiger charge is -2.21. The number of hydrogen-bond acceptors (Lipinski definition) is 2. The van der Waals surface area contributed by atoms with Crippen molar-refractivity contribution >= 4 is 5.82 Å². The molecule has 17 heavy (non-hydrogen) atoms. The largest absolute Gasteiger partial charge is 0.365 e. The molecule has 0 spiro atoms. The first-order valence-corrected chi connectivity index (χ1v) is 5.86. The Labute approximate surface area is 98.2 Å². The minimum atomic E-state index is -1.27. The van der Waals surface area contributed by atoms with E-state index in [0.29, 0.717) is 12.0 Å². The van der Waals surface area contributed by atoms with Crippen molar-refractivity contribution in [1.29, 1.82) is 0 Å². The topological polar surface area (TPSA) is 24.9 Å². The number of anilines is 1. The monoisotopic (exact) mass is 244 g/mol. The highest BCUT2D eigenvalue weighted by atomic mass is 19.2. The number of halogens is 3. The molecule has 1 aliphatic rings. The van der Waals surface area contributed by atoms with Crippen molar-refractivity contribution in [2.45, 2.75) is 38.6 Å². The van der Waals surface area contributed by atoms with Crippen LogP contribution in [-0.4, -0.2) is 11.0 Å². The molecule has 0 aromatic carbocycles. The highest BCUT2D eigenvalue weighted by molar-refractivity contribution is 5.37. The van der Waals surface area contributed by atoms with Crippen molar-refractivity contribution in [3.63, 3.8) is 0 Å². The summed E-state index contributed by atoms with van der Waals surface area (Å²) in [6.07, 6.45) is 4.51. The molecule has 0 bridgehead atoms. The lowest BCUT2D eigenvalue weighted by atomic mass is 10.00. The summed E-state index contributed by atoms with van der Waals surface area (Å²) in [6, 6.07) is 0.538. The maximum absolute atomic E-state index is 13.3. The lowest BCUT2D eigenvalue weighted by molar-refractivity contribution is 0.455. The van der Waals surface area contributed by atoms with Gasteiger partial charge in [-0.25, -0.2) is 8.78 Å². The molecule has 1 aromatic heterocycles. The molecule has 1 saturated carbocycles. The Bertz CT molecular complexity index is 403. The average Bonchev–Trinajstić information content (AvgIpc) is 2.79. The smallest absolute Gasteiger partial charge is 0.251 e. The molecule has 5 heteroatoms. The van der Waals surface area contributed by atoms with Crippen LogP contribution in [0.5, 0.6) is 0 Å². The van der Waals surface area contributed by atoms with Gasteiger partial charge in [-0.05, 0) is 25.7 Å². The average molecular weight is 244 g/mol. The van der Waals surface area contributed by atoms with E-state index in [9.17, 15) is 13.2 Å². The van der Waals surface area contributed by atoms with Gasteiger partial charge in [-0.1, -0.05) is 12.8 Å². The Morgan fingerprint density at radius 2 is 1.88 bits per heavy atom. The van der Waals surface area contributed by atoms with Gasteiger partial charge in [-0.2, -0.15) is 9.37 Å². The first-order valence-electron chi connectivity index (χ1n) is 5.86. The number of hydrogen-bond donors (Lipinski definition) is 1. The second-order valence-corrected chi connectivity index (χ2v) is 4.57. The molecule has 1 atom stereocenters. The van der Waals surface area contributed by atoms with E-state index in [1.165, 1.54) is 12.8 Å². The molecular formula is C12H15F3N2. The minimum Gasteiger partial charge on any atom is -0.365 e. The van der Waals surface area contributed by atoms with E-state index < -0.39 is 17.6 Å². The number of aromatic nitrogens is 1. The van der Waals surface area contributed by atoms with Crippen LogP contribution in [0.15, 0.2) is 6.07 Å². The lowest BCUT2D eigenvalue weighted by Crippen LogP contribution is -2.25. The minimum absolute atomic E-state index is 0.0179. The van der Waals surface area contributed by atoms with Gasteiger partial charge < -0.3 is 5.32 Å². The highest BCUT2D eigenvalue weighted by Crippen LogP contribution is 2.29.